The van der Waals surface area contributed by atoms with Crippen molar-refractivity contribution >= 4 is 23.2 Å². The third-order valence-corrected chi connectivity index (χ3v) is 2.89. The van der Waals surface area contributed by atoms with Gasteiger partial charge in [0.25, 0.3) is 0 Å². The molecule has 0 spiro atoms. The largest absolute Gasteiger partial charge is 0.457 e. The monoisotopic (exact) mass is 285 g/mol. The van der Waals surface area contributed by atoms with Crippen LogP contribution in [0.25, 0.3) is 0 Å². The Balaban J connectivity index is 2.30. The molecular weight excluding hydrogens is 276 g/mol. The summed E-state index contributed by atoms with van der Waals surface area (Å²) >= 11 is 11.5. The Morgan fingerprint density at radius 3 is 2.56 bits per heavy atom. The van der Waals surface area contributed by atoms with Crippen LogP contribution in [0.1, 0.15) is 5.56 Å². The first kappa shape index (κ1) is 13.1. The van der Waals surface area contributed by atoms with Crippen LogP contribution in [0, 0.1) is 5.82 Å². The van der Waals surface area contributed by atoms with Crippen molar-refractivity contribution < 1.29 is 9.13 Å². The van der Waals surface area contributed by atoms with E-state index in [1.54, 1.807) is 18.2 Å². The van der Waals surface area contributed by atoms with Crippen LogP contribution in [0.3, 0.4) is 0 Å². The topological polar surface area (TPSA) is 35.2 Å². The minimum absolute atomic E-state index is 0.00996. The van der Waals surface area contributed by atoms with Crippen LogP contribution in [-0.4, -0.2) is 0 Å². The van der Waals surface area contributed by atoms with Crippen LogP contribution in [0.15, 0.2) is 36.4 Å². The summed E-state index contributed by atoms with van der Waals surface area (Å²) in [5, 5.41) is 0.593. The molecule has 2 N–H and O–H groups in total. The number of halogens is 3. The van der Waals surface area contributed by atoms with E-state index in [0.29, 0.717) is 23.1 Å². The van der Waals surface area contributed by atoms with Gasteiger partial charge < -0.3 is 10.5 Å². The molecule has 0 aromatic heterocycles. The molecule has 0 unspecified atom stereocenters. The van der Waals surface area contributed by atoms with Crippen LogP contribution < -0.4 is 10.5 Å². The number of rotatable bonds is 3. The third-order valence-electron chi connectivity index (χ3n) is 2.36. The van der Waals surface area contributed by atoms with Gasteiger partial charge in [0.2, 0.25) is 0 Å². The van der Waals surface area contributed by atoms with Crippen molar-refractivity contribution in [1.29, 1.82) is 0 Å². The zero-order valence-corrected chi connectivity index (χ0v) is 10.8. The smallest absolute Gasteiger partial charge is 0.142 e. The Labute approximate surface area is 114 Å². The molecule has 5 heteroatoms. The maximum absolute atomic E-state index is 13.0. The van der Waals surface area contributed by atoms with Crippen LogP contribution in [-0.2, 0) is 6.54 Å². The van der Waals surface area contributed by atoms with E-state index in [1.165, 1.54) is 18.2 Å². The minimum Gasteiger partial charge on any atom is -0.457 e. The molecule has 0 heterocycles. The van der Waals surface area contributed by atoms with Gasteiger partial charge in [0.15, 0.2) is 0 Å². The second-order valence-corrected chi connectivity index (χ2v) is 4.48. The Morgan fingerprint density at radius 1 is 1.11 bits per heavy atom. The average molecular weight is 286 g/mol. The third kappa shape index (κ3) is 2.93. The molecule has 0 fully saturated rings. The molecule has 0 atom stereocenters. The first-order chi connectivity index (χ1) is 8.60. The molecule has 0 aliphatic heterocycles. The standard InChI is InChI=1S/C13H10Cl2FNO/c14-9-1-4-13(8(5-9)7-17)18-10-2-3-12(16)11(15)6-10/h1-6H,7,17H2. The first-order valence-electron chi connectivity index (χ1n) is 5.21. The maximum atomic E-state index is 13.0. The summed E-state index contributed by atoms with van der Waals surface area (Å²) in [6, 6.07) is 9.28. The van der Waals surface area contributed by atoms with Gasteiger partial charge in [-0.05, 0) is 30.3 Å². The second kappa shape index (κ2) is 5.57. The molecule has 2 rings (SSSR count). The van der Waals surface area contributed by atoms with Gasteiger partial charge in [-0.2, -0.15) is 0 Å². The van der Waals surface area contributed by atoms with E-state index in [2.05, 4.69) is 0 Å². The zero-order valence-electron chi connectivity index (χ0n) is 9.29. The molecule has 0 amide bonds. The molecule has 0 aliphatic rings. The number of ether oxygens (including phenoxy) is 1. The highest BCUT2D eigenvalue weighted by Gasteiger charge is 2.07. The van der Waals surface area contributed by atoms with Gasteiger partial charge in [0.1, 0.15) is 17.3 Å². The summed E-state index contributed by atoms with van der Waals surface area (Å²) in [5.74, 6) is 0.530. The van der Waals surface area contributed by atoms with Crippen LogP contribution >= 0.6 is 23.2 Å². The summed E-state index contributed by atoms with van der Waals surface area (Å²) in [6.07, 6.45) is 0. The molecule has 0 aliphatic carbocycles. The lowest BCUT2D eigenvalue weighted by Crippen LogP contribution is -1.99. The fraction of sp³-hybridized carbons (Fsp3) is 0.0769. The van der Waals surface area contributed by atoms with Crippen molar-refractivity contribution in [2.45, 2.75) is 6.54 Å². The van der Waals surface area contributed by atoms with E-state index in [0.717, 1.165) is 5.56 Å². The number of benzene rings is 2. The normalized spacial score (nSPS) is 10.4. The summed E-state index contributed by atoms with van der Waals surface area (Å²) in [6.45, 7) is 0.296. The zero-order chi connectivity index (χ0) is 13.1. The summed E-state index contributed by atoms with van der Waals surface area (Å²) < 4.78 is 18.6. The lowest BCUT2D eigenvalue weighted by molar-refractivity contribution is 0.474. The van der Waals surface area contributed by atoms with Crippen LogP contribution in [0.5, 0.6) is 11.5 Å². The Bertz CT molecular complexity index is 575. The highest BCUT2D eigenvalue weighted by atomic mass is 35.5. The van der Waals surface area contributed by atoms with E-state index in [-0.39, 0.29) is 5.02 Å². The number of hydrogen-bond donors (Lipinski definition) is 1. The molecule has 2 aromatic rings. The van der Waals surface area contributed by atoms with Gasteiger partial charge in [-0.25, -0.2) is 4.39 Å². The molecule has 0 radical (unpaired) electrons. The van der Waals surface area contributed by atoms with Gasteiger partial charge in [0.05, 0.1) is 5.02 Å². The fourth-order valence-corrected chi connectivity index (χ4v) is 1.84. The molecule has 94 valence electrons. The van der Waals surface area contributed by atoms with Crippen molar-refractivity contribution in [3.05, 3.63) is 57.8 Å². The summed E-state index contributed by atoms with van der Waals surface area (Å²) in [7, 11) is 0. The lowest BCUT2D eigenvalue weighted by Gasteiger charge is -2.10. The number of hydrogen-bond acceptors (Lipinski definition) is 2. The van der Waals surface area contributed by atoms with E-state index in [4.69, 9.17) is 33.7 Å². The van der Waals surface area contributed by atoms with Gasteiger partial charge in [-0.15, -0.1) is 0 Å². The summed E-state index contributed by atoms with van der Waals surface area (Å²) in [5.41, 5.74) is 6.37. The van der Waals surface area contributed by atoms with Crippen molar-refractivity contribution in [1.82, 2.24) is 0 Å². The van der Waals surface area contributed by atoms with E-state index >= 15 is 0 Å². The molecular formula is C13H10Cl2FNO. The van der Waals surface area contributed by atoms with Gasteiger partial charge in [-0.3, -0.25) is 0 Å². The molecule has 0 saturated heterocycles. The quantitative estimate of drug-likeness (QED) is 0.908. The van der Waals surface area contributed by atoms with Crippen molar-refractivity contribution in [2.24, 2.45) is 5.73 Å². The highest BCUT2D eigenvalue weighted by molar-refractivity contribution is 6.31. The molecule has 0 bridgehead atoms. The van der Waals surface area contributed by atoms with E-state index < -0.39 is 5.82 Å². The van der Waals surface area contributed by atoms with Gasteiger partial charge >= 0.3 is 0 Å². The van der Waals surface area contributed by atoms with Crippen molar-refractivity contribution in [3.8, 4) is 11.5 Å². The second-order valence-electron chi connectivity index (χ2n) is 3.63. The van der Waals surface area contributed by atoms with Gasteiger partial charge in [-0.1, -0.05) is 23.2 Å². The SMILES string of the molecule is NCc1cc(Cl)ccc1Oc1ccc(F)c(Cl)c1. The fourth-order valence-electron chi connectivity index (χ4n) is 1.47. The first-order valence-corrected chi connectivity index (χ1v) is 5.97. The lowest BCUT2D eigenvalue weighted by atomic mass is 10.2. The Hall–Kier alpha value is -1.29. The van der Waals surface area contributed by atoms with Crippen LogP contribution in [0.2, 0.25) is 10.0 Å². The van der Waals surface area contributed by atoms with E-state index in [1.807, 2.05) is 0 Å². The Kier molecular flexibility index (Phi) is 4.07. The van der Waals surface area contributed by atoms with Crippen molar-refractivity contribution in [3.63, 3.8) is 0 Å². The minimum atomic E-state index is -0.487. The van der Waals surface area contributed by atoms with Crippen molar-refractivity contribution in [2.75, 3.05) is 0 Å². The molecule has 2 nitrogen and oxygen atoms in total. The molecule has 18 heavy (non-hydrogen) atoms. The van der Waals surface area contributed by atoms with Gasteiger partial charge in [0, 0.05) is 23.2 Å². The Morgan fingerprint density at radius 2 is 1.89 bits per heavy atom. The maximum Gasteiger partial charge on any atom is 0.142 e. The predicted molar refractivity (Wildman–Crippen MR) is 70.8 cm³/mol. The average Bonchev–Trinajstić information content (AvgIpc) is 2.36. The molecule has 2 aromatic carbocycles. The van der Waals surface area contributed by atoms with E-state index in [9.17, 15) is 4.39 Å². The number of nitrogens with two attached hydrogens (primary N) is 1. The summed E-state index contributed by atoms with van der Waals surface area (Å²) in [4.78, 5) is 0. The molecule has 0 saturated carbocycles. The van der Waals surface area contributed by atoms with Crippen LogP contribution in [0.4, 0.5) is 4.39 Å². The highest BCUT2D eigenvalue weighted by Crippen LogP contribution is 2.29. The predicted octanol–water partition coefficient (Wildman–Crippen LogP) is 4.38.